The molecule has 0 aromatic rings. The summed E-state index contributed by atoms with van der Waals surface area (Å²) in [6.07, 6.45) is 5.82. The van der Waals surface area contributed by atoms with Gasteiger partial charge in [0.15, 0.2) is 0 Å². The lowest BCUT2D eigenvalue weighted by atomic mass is 9.74. The fourth-order valence-electron chi connectivity index (χ4n) is 2.61. The summed E-state index contributed by atoms with van der Waals surface area (Å²) in [4.78, 5) is 0. The van der Waals surface area contributed by atoms with Crippen molar-refractivity contribution < 1.29 is 5.21 Å². The fraction of sp³-hybridized carbons (Fsp3) is 0.909. The Morgan fingerprint density at radius 2 is 2.23 bits per heavy atom. The predicted molar refractivity (Wildman–Crippen MR) is 55.3 cm³/mol. The Kier molecular flexibility index (Phi) is 3.34. The molecule has 0 aromatic heterocycles. The molecule has 2 nitrogen and oxygen atoms in total. The van der Waals surface area contributed by atoms with Gasteiger partial charge in [0.2, 0.25) is 0 Å². The molecule has 1 N–H and O–H groups in total. The highest BCUT2D eigenvalue weighted by molar-refractivity contribution is 5.88. The van der Waals surface area contributed by atoms with Gasteiger partial charge in [-0.25, -0.2) is 0 Å². The lowest BCUT2D eigenvalue weighted by molar-refractivity contribution is 0.241. The summed E-state index contributed by atoms with van der Waals surface area (Å²) in [5.41, 5.74) is 1.34. The third-order valence-corrected chi connectivity index (χ3v) is 3.29. The Labute approximate surface area is 81.0 Å². The number of hydrogen-bond donors (Lipinski definition) is 1. The maximum absolute atomic E-state index is 8.86. The van der Waals surface area contributed by atoms with Crippen molar-refractivity contribution in [2.24, 2.45) is 16.5 Å². The molecule has 0 saturated heterocycles. The molecule has 0 amide bonds. The molecule has 76 valence electrons. The third-order valence-electron chi connectivity index (χ3n) is 3.29. The average molecular weight is 183 g/mol. The van der Waals surface area contributed by atoms with Gasteiger partial charge in [-0.3, -0.25) is 0 Å². The zero-order valence-electron chi connectivity index (χ0n) is 9.01. The van der Waals surface area contributed by atoms with E-state index in [2.05, 4.69) is 25.9 Å². The van der Waals surface area contributed by atoms with Crippen LogP contribution in [0.2, 0.25) is 0 Å². The first-order valence-electron chi connectivity index (χ1n) is 5.32. The summed E-state index contributed by atoms with van der Waals surface area (Å²) < 4.78 is 0. The first kappa shape index (κ1) is 10.6. The molecule has 13 heavy (non-hydrogen) atoms. The van der Waals surface area contributed by atoms with Crippen molar-refractivity contribution in [2.45, 2.75) is 52.9 Å². The van der Waals surface area contributed by atoms with Crippen molar-refractivity contribution in [3.63, 3.8) is 0 Å². The Hall–Kier alpha value is -0.530. The summed E-state index contributed by atoms with van der Waals surface area (Å²) >= 11 is 0. The molecule has 2 heteroatoms. The molecule has 0 aliphatic heterocycles. The van der Waals surface area contributed by atoms with Crippen molar-refractivity contribution in [2.75, 3.05) is 0 Å². The Morgan fingerprint density at radius 3 is 2.77 bits per heavy atom. The minimum absolute atomic E-state index is 0.312. The Morgan fingerprint density at radius 1 is 1.54 bits per heavy atom. The standard InChI is InChI=1S/C11H21NO/c1-4-8-11(2,3)9-6-5-7-10(9)12-13/h9,13H,4-8H2,1-3H3. The third kappa shape index (κ3) is 2.23. The lowest BCUT2D eigenvalue weighted by Gasteiger charge is -2.31. The van der Waals surface area contributed by atoms with Crippen LogP contribution in [0, 0.1) is 11.3 Å². The highest BCUT2D eigenvalue weighted by Crippen LogP contribution is 2.40. The molecule has 1 rings (SSSR count). The van der Waals surface area contributed by atoms with Crippen LogP contribution in [0.3, 0.4) is 0 Å². The summed E-state index contributed by atoms with van der Waals surface area (Å²) in [5, 5.41) is 12.3. The molecule has 1 aliphatic rings. The molecule has 0 heterocycles. The molecular formula is C11H21NO. The maximum Gasteiger partial charge on any atom is 0.0607 e. The van der Waals surface area contributed by atoms with Crippen LogP contribution in [0.4, 0.5) is 0 Å². The van der Waals surface area contributed by atoms with Crippen LogP contribution in [0.1, 0.15) is 52.9 Å². The van der Waals surface area contributed by atoms with Gasteiger partial charge in [-0.2, -0.15) is 0 Å². The van der Waals surface area contributed by atoms with Gasteiger partial charge >= 0.3 is 0 Å². The maximum atomic E-state index is 8.86. The van der Waals surface area contributed by atoms with E-state index >= 15 is 0 Å². The van der Waals surface area contributed by atoms with E-state index in [1.807, 2.05) is 0 Å². The van der Waals surface area contributed by atoms with Crippen LogP contribution < -0.4 is 0 Å². The summed E-state index contributed by atoms with van der Waals surface area (Å²) in [6, 6.07) is 0. The molecular weight excluding hydrogens is 162 g/mol. The van der Waals surface area contributed by atoms with Gasteiger partial charge in [-0.05, 0) is 31.1 Å². The monoisotopic (exact) mass is 183 g/mol. The summed E-state index contributed by atoms with van der Waals surface area (Å²) in [7, 11) is 0. The molecule has 0 bridgehead atoms. The zero-order chi connectivity index (χ0) is 9.90. The van der Waals surface area contributed by atoms with Crippen LogP contribution in [0.25, 0.3) is 0 Å². The van der Waals surface area contributed by atoms with Crippen LogP contribution >= 0.6 is 0 Å². The van der Waals surface area contributed by atoms with Crippen molar-refractivity contribution in [3.05, 3.63) is 0 Å². The van der Waals surface area contributed by atoms with Crippen molar-refractivity contribution in [1.82, 2.24) is 0 Å². The second-order valence-corrected chi connectivity index (χ2v) is 4.77. The van der Waals surface area contributed by atoms with E-state index in [-0.39, 0.29) is 0 Å². The van der Waals surface area contributed by atoms with E-state index in [0.717, 1.165) is 12.1 Å². The zero-order valence-corrected chi connectivity index (χ0v) is 9.01. The van der Waals surface area contributed by atoms with Crippen molar-refractivity contribution in [1.29, 1.82) is 0 Å². The van der Waals surface area contributed by atoms with Crippen molar-refractivity contribution in [3.8, 4) is 0 Å². The first-order valence-corrected chi connectivity index (χ1v) is 5.32. The first-order chi connectivity index (χ1) is 6.11. The Bertz CT molecular complexity index is 196. The van der Waals surface area contributed by atoms with E-state index < -0.39 is 0 Å². The number of nitrogens with zero attached hydrogens (tertiary/aromatic N) is 1. The van der Waals surface area contributed by atoms with E-state index in [0.29, 0.717) is 11.3 Å². The van der Waals surface area contributed by atoms with Crippen LogP contribution in [-0.2, 0) is 0 Å². The van der Waals surface area contributed by atoms with Gasteiger partial charge in [0.25, 0.3) is 0 Å². The highest BCUT2D eigenvalue weighted by Gasteiger charge is 2.35. The van der Waals surface area contributed by atoms with Crippen LogP contribution in [0.15, 0.2) is 5.16 Å². The molecule has 1 saturated carbocycles. The quantitative estimate of drug-likeness (QED) is 0.527. The minimum atomic E-state index is 0.312. The number of rotatable bonds is 3. The van der Waals surface area contributed by atoms with Gasteiger partial charge in [0.1, 0.15) is 0 Å². The molecule has 0 aromatic carbocycles. The van der Waals surface area contributed by atoms with Gasteiger partial charge in [-0.15, -0.1) is 0 Å². The van der Waals surface area contributed by atoms with Gasteiger partial charge in [0.05, 0.1) is 5.71 Å². The molecule has 1 fully saturated rings. The topological polar surface area (TPSA) is 32.6 Å². The van der Waals surface area contributed by atoms with Gasteiger partial charge < -0.3 is 5.21 Å². The molecule has 1 atom stereocenters. The van der Waals surface area contributed by atoms with E-state index in [9.17, 15) is 0 Å². The molecule has 1 aliphatic carbocycles. The van der Waals surface area contributed by atoms with Gasteiger partial charge in [0, 0.05) is 5.92 Å². The minimum Gasteiger partial charge on any atom is -0.411 e. The second kappa shape index (κ2) is 4.12. The lowest BCUT2D eigenvalue weighted by Crippen LogP contribution is -2.27. The van der Waals surface area contributed by atoms with Crippen LogP contribution in [-0.4, -0.2) is 10.9 Å². The van der Waals surface area contributed by atoms with E-state index in [4.69, 9.17) is 5.21 Å². The smallest absolute Gasteiger partial charge is 0.0607 e. The summed E-state index contributed by atoms with van der Waals surface area (Å²) in [6.45, 7) is 6.79. The van der Waals surface area contributed by atoms with Crippen molar-refractivity contribution >= 4 is 5.71 Å². The molecule has 0 radical (unpaired) electrons. The van der Waals surface area contributed by atoms with Gasteiger partial charge in [-0.1, -0.05) is 32.3 Å². The SMILES string of the molecule is CCCC(C)(C)C1CCCC1=NO. The largest absolute Gasteiger partial charge is 0.411 e. The van der Waals surface area contributed by atoms with E-state index in [1.54, 1.807) is 0 Å². The normalized spacial score (nSPS) is 27.0. The number of hydrogen-bond acceptors (Lipinski definition) is 2. The predicted octanol–water partition coefficient (Wildman–Crippen LogP) is 3.44. The number of oxime groups is 1. The van der Waals surface area contributed by atoms with E-state index in [1.165, 1.54) is 25.7 Å². The van der Waals surface area contributed by atoms with Crippen LogP contribution in [0.5, 0.6) is 0 Å². The average Bonchev–Trinajstić information content (AvgIpc) is 2.51. The Balaban J connectivity index is 2.69. The molecule has 1 unspecified atom stereocenters. The second-order valence-electron chi connectivity index (χ2n) is 4.77. The fourth-order valence-corrected chi connectivity index (χ4v) is 2.61. The molecule has 0 spiro atoms. The summed E-state index contributed by atoms with van der Waals surface area (Å²) in [5.74, 6) is 0.512. The highest BCUT2D eigenvalue weighted by atomic mass is 16.4.